The number of halogens is 4. The summed E-state index contributed by atoms with van der Waals surface area (Å²) in [5, 5.41) is 0. The van der Waals surface area contributed by atoms with Crippen molar-refractivity contribution in [2.75, 3.05) is 24.1 Å². The van der Waals surface area contributed by atoms with Gasteiger partial charge in [0.1, 0.15) is 19.2 Å². The zero-order chi connectivity index (χ0) is 16.0. The third-order valence-electron chi connectivity index (χ3n) is 2.63. The number of rotatable bonds is 5. The van der Waals surface area contributed by atoms with Crippen molar-refractivity contribution in [2.45, 2.75) is 13.1 Å². The van der Waals surface area contributed by atoms with E-state index >= 15 is 0 Å². The van der Waals surface area contributed by atoms with Crippen LogP contribution >= 0.6 is 11.6 Å². The first-order valence-electron chi connectivity index (χ1n) is 5.87. The minimum Gasteiger partial charge on any atom is -0.348 e. The average molecular weight is 320 g/mol. The lowest BCUT2D eigenvalue weighted by molar-refractivity contribution is -0.137. The molecule has 114 valence electrons. The summed E-state index contributed by atoms with van der Waals surface area (Å²) in [5.74, 6) is 1.01. The molecule has 0 saturated carbocycles. The SMILES string of the molecule is C#CCOCN(C(=O)CCl)c1c(C)cccc1C(F)(F)F. The van der Waals surface area contributed by atoms with Gasteiger partial charge in [0.15, 0.2) is 0 Å². The van der Waals surface area contributed by atoms with Crippen LogP contribution in [0.1, 0.15) is 11.1 Å². The first-order valence-corrected chi connectivity index (χ1v) is 6.40. The molecular weight excluding hydrogens is 307 g/mol. The number of carbonyl (C=O) groups is 1. The molecule has 0 saturated heterocycles. The van der Waals surface area contributed by atoms with Gasteiger partial charge >= 0.3 is 6.18 Å². The Morgan fingerprint density at radius 2 is 2.14 bits per heavy atom. The molecular formula is C14H13ClF3NO2. The minimum absolute atomic E-state index is 0.126. The van der Waals surface area contributed by atoms with Gasteiger partial charge in [0.05, 0.1) is 11.3 Å². The molecule has 0 radical (unpaired) electrons. The van der Waals surface area contributed by atoms with Crippen molar-refractivity contribution >= 4 is 23.2 Å². The summed E-state index contributed by atoms with van der Waals surface area (Å²) >= 11 is 5.46. The second-order valence-electron chi connectivity index (χ2n) is 4.11. The van der Waals surface area contributed by atoms with Crippen LogP contribution in [-0.2, 0) is 15.7 Å². The van der Waals surface area contributed by atoms with E-state index in [1.807, 2.05) is 0 Å². The monoisotopic (exact) mass is 319 g/mol. The molecule has 0 aliphatic rings. The van der Waals surface area contributed by atoms with E-state index in [0.29, 0.717) is 0 Å². The molecule has 7 heteroatoms. The van der Waals surface area contributed by atoms with E-state index in [2.05, 4.69) is 5.92 Å². The quantitative estimate of drug-likeness (QED) is 0.361. The molecule has 0 aliphatic carbocycles. The number of alkyl halides is 4. The maximum atomic E-state index is 13.1. The standard InChI is InChI=1S/C14H13ClF3NO2/c1-3-7-21-9-19(12(20)8-15)13-10(2)5-4-6-11(13)14(16,17)18/h1,4-6H,7-9H2,2H3. The zero-order valence-corrected chi connectivity index (χ0v) is 12.0. The maximum Gasteiger partial charge on any atom is 0.418 e. The molecule has 0 spiro atoms. The van der Waals surface area contributed by atoms with Gasteiger partial charge in [-0.05, 0) is 18.6 Å². The van der Waals surface area contributed by atoms with Crippen molar-refractivity contribution in [2.24, 2.45) is 0 Å². The van der Waals surface area contributed by atoms with Crippen LogP contribution in [0.3, 0.4) is 0 Å². The van der Waals surface area contributed by atoms with Crippen molar-refractivity contribution in [3.8, 4) is 12.3 Å². The fraction of sp³-hybridized carbons (Fsp3) is 0.357. The highest BCUT2D eigenvalue weighted by atomic mass is 35.5. The van der Waals surface area contributed by atoms with E-state index in [1.54, 1.807) is 0 Å². The fourth-order valence-electron chi connectivity index (χ4n) is 1.78. The van der Waals surface area contributed by atoms with Gasteiger partial charge in [-0.3, -0.25) is 9.69 Å². The highest BCUT2D eigenvalue weighted by Crippen LogP contribution is 2.38. The Balaban J connectivity index is 3.30. The van der Waals surface area contributed by atoms with Crippen LogP contribution in [0.5, 0.6) is 0 Å². The van der Waals surface area contributed by atoms with Gasteiger partial charge in [0, 0.05) is 0 Å². The first-order chi connectivity index (χ1) is 9.82. The summed E-state index contributed by atoms with van der Waals surface area (Å²) in [7, 11) is 0. The third kappa shape index (κ3) is 4.38. The molecule has 0 atom stereocenters. The maximum absolute atomic E-state index is 13.1. The minimum atomic E-state index is -4.60. The van der Waals surface area contributed by atoms with Crippen LogP contribution in [-0.4, -0.2) is 25.1 Å². The predicted molar refractivity (Wildman–Crippen MR) is 74.0 cm³/mol. The number of para-hydroxylation sites is 1. The number of benzene rings is 1. The number of hydrogen-bond acceptors (Lipinski definition) is 2. The summed E-state index contributed by atoms with van der Waals surface area (Å²) in [6.45, 7) is 0.948. The molecule has 0 unspecified atom stereocenters. The predicted octanol–water partition coefficient (Wildman–Crippen LogP) is 3.19. The zero-order valence-electron chi connectivity index (χ0n) is 11.2. The molecule has 1 aromatic rings. The smallest absolute Gasteiger partial charge is 0.348 e. The van der Waals surface area contributed by atoms with Crippen molar-refractivity contribution in [1.82, 2.24) is 0 Å². The van der Waals surface area contributed by atoms with E-state index in [1.165, 1.54) is 19.1 Å². The molecule has 0 aliphatic heterocycles. The van der Waals surface area contributed by atoms with E-state index in [4.69, 9.17) is 22.8 Å². The highest BCUT2D eigenvalue weighted by molar-refractivity contribution is 6.29. The van der Waals surface area contributed by atoms with Crippen LogP contribution in [0.25, 0.3) is 0 Å². The Morgan fingerprint density at radius 3 is 2.67 bits per heavy atom. The van der Waals surface area contributed by atoms with Gasteiger partial charge in [0.25, 0.3) is 0 Å². The van der Waals surface area contributed by atoms with Gasteiger partial charge in [-0.1, -0.05) is 18.1 Å². The summed E-state index contributed by atoms with van der Waals surface area (Å²) in [6, 6.07) is 3.64. The lowest BCUT2D eigenvalue weighted by Crippen LogP contribution is -2.36. The van der Waals surface area contributed by atoms with Crippen molar-refractivity contribution in [3.63, 3.8) is 0 Å². The summed E-state index contributed by atoms with van der Waals surface area (Å²) in [5.41, 5.74) is -0.912. The Morgan fingerprint density at radius 1 is 1.48 bits per heavy atom. The van der Waals surface area contributed by atoms with E-state index < -0.39 is 30.3 Å². The topological polar surface area (TPSA) is 29.5 Å². The number of hydrogen-bond donors (Lipinski definition) is 0. The Bertz CT molecular complexity index is 552. The highest BCUT2D eigenvalue weighted by Gasteiger charge is 2.36. The van der Waals surface area contributed by atoms with Crippen molar-refractivity contribution in [3.05, 3.63) is 29.3 Å². The molecule has 21 heavy (non-hydrogen) atoms. The lowest BCUT2D eigenvalue weighted by atomic mass is 10.1. The third-order valence-corrected chi connectivity index (χ3v) is 2.86. The van der Waals surface area contributed by atoms with Gasteiger partial charge in [-0.15, -0.1) is 18.0 Å². The number of aryl methyl sites for hydroxylation is 1. The summed E-state index contributed by atoms with van der Waals surface area (Å²) < 4.78 is 44.3. The largest absolute Gasteiger partial charge is 0.418 e. The number of nitrogens with zero attached hydrogens (tertiary/aromatic N) is 1. The molecule has 0 N–H and O–H groups in total. The van der Waals surface area contributed by atoms with E-state index in [9.17, 15) is 18.0 Å². The Labute approximate surface area is 125 Å². The molecule has 1 amide bonds. The van der Waals surface area contributed by atoms with E-state index in [0.717, 1.165) is 11.0 Å². The molecule has 1 rings (SSSR count). The van der Waals surface area contributed by atoms with E-state index in [-0.39, 0.29) is 17.9 Å². The molecule has 1 aromatic carbocycles. The van der Waals surface area contributed by atoms with Crippen LogP contribution in [0.4, 0.5) is 18.9 Å². The van der Waals surface area contributed by atoms with Gasteiger partial charge < -0.3 is 4.74 Å². The number of terminal acetylenes is 1. The Kier molecular flexibility index (Phi) is 6.06. The second-order valence-corrected chi connectivity index (χ2v) is 4.37. The number of ether oxygens (including phenoxy) is 1. The second kappa shape index (κ2) is 7.34. The molecule has 0 fully saturated rings. The summed E-state index contributed by atoms with van der Waals surface area (Å²) in [4.78, 5) is 12.7. The fourth-order valence-corrected chi connectivity index (χ4v) is 1.92. The number of anilines is 1. The van der Waals surface area contributed by atoms with Crippen LogP contribution in [0.2, 0.25) is 0 Å². The molecule has 3 nitrogen and oxygen atoms in total. The number of carbonyl (C=O) groups excluding carboxylic acids is 1. The van der Waals surface area contributed by atoms with Gasteiger partial charge in [-0.2, -0.15) is 13.2 Å². The van der Waals surface area contributed by atoms with Crippen molar-refractivity contribution in [1.29, 1.82) is 0 Å². The lowest BCUT2D eigenvalue weighted by Gasteiger charge is -2.26. The Hall–Kier alpha value is -1.71. The first kappa shape index (κ1) is 17.3. The summed E-state index contributed by atoms with van der Waals surface area (Å²) in [6.07, 6.45) is 0.408. The number of amides is 1. The van der Waals surface area contributed by atoms with Crippen LogP contribution in [0, 0.1) is 19.3 Å². The molecule has 0 heterocycles. The van der Waals surface area contributed by atoms with Gasteiger partial charge in [0.2, 0.25) is 5.91 Å². The van der Waals surface area contributed by atoms with Gasteiger partial charge in [-0.25, -0.2) is 0 Å². The average Bonchev–Trinajstić information content (AvgIpc) is 2.42. The molecule has 0 aromatic heterocycles. The van der Waals surface area contributed by atoms with Crippen molar-refractivity contribution < 1.29 is 22.7 Å². The van der Waals surface area contributed by atoms with Crippen LogP contribution in [0.15, 0.2) is 18.2 Å². The normalized spacial score (nSPS) is 11.0. The molecule has 0 bridgehead atoms. The van der Waals surface area contributed by atoms with Crippen LogP contribution < -0.4 is 4.90 Å².